The molecule has 7 heteroatoms. The van der Waals surface area contributed by atoms with Gasteiger partial charge in [0.2, 0.25) is 0 Å². The van der Waals surface area contributed by atoms with Gasteiger partial charge in [-0.05, 0) is 105 Å². The Morgan fingerprint density at radius 1 is 1.12 bits per heavy atom. The zero-order valence-corrected chi connectivity index (χ0v) is 21.2. The van der Waals surface area contributed by atoms with Gasteiger partial charge in [-0.15, -0.1) is 0 Å². The topological polar surface area (TPSA) is 63.6 Å². The first-order valence-electron chi connectivity index (χ1n) is 11.8. The number of rotatable bonds is 6. The number of hydroxylamine groups is 1. The average molecular weight is 482 g/mol. The highest BCUT2D eigenvalue weighted by molar-refractivity contribution is 7.70. The van der Waals surface area contributed by atoms with Gasteiger partial charge in [0, 0.05) is 22.8 Å². The molecule has 34 heavy (non-hydrogen) atoms. The van der Waals surface area contributed by atoms with E-state index < -0.39 is 7.14 Å². The van der Waals surface area contributed by atoms with E-state index in [0.717, 1.165) is 53.4 Å². The smallest absolute Gasteiger partial charge is 0.129 e. The molecule has 0 radical (unpaired) electrons. The highest BCUT2D eigenvalue weighted by atomic mass is 31.2. The maximum atomic E-state index is 13.9. The largest absolute Gasteiger partial charge is 0.319 e. The molecule has 1 saturated carbocycles. The third-order valence-electron chi connectivity index (χ3n) is 7.02. The monoisotopic (exact) mass is 481 g/mol. The summed E-state index contributed by atoms with van der Waals surface area (Å²) in [5.41, 5.74) is 5.85. The molecule has 0 amide bonds. The molecule has 1 N–H and O–H groups in total. The Labute approximate surface area is 201 Å². The van der Waals surface area contributed by atoms with Crippen LogP contribution in [0, 0.1) is 17.7 Å². The minimum absolute atomic E-state index is 0.190. The normalized spacial score (nSPS) is 20.3. The molecule has 1 unspecified atom stereocenters. The Morgan fingerprint density at radius 2 is 1.82 bits per heavy atom. The van der Waals surface area contributed by atoms with E-state index >= 15 is 0 Å². The zero-order chi connectivity index (χ0) is 24.3. The number of benzene rings is 2. The number of halogens is 1. The van der Waals surface area contributed by atoms with Gasteiger partial charge in [0.1, 0.15) is 18.8 Å². The Hall–Kier alpha value is -2.56. The SMILES string of the molecule is CONC(=Nc1ccc(P(C)(C)=O)cc1)C(C)C1CCC(c2ccnc3ccc(F)cc23)CC1. The Kier molecular flexibility index (Phi) is 7.49. The minimum Gasteiger partial charge on any atom is -0.319 e. The summed E-state index contributed by atoms with van der Waals surface area (Å²) < 4.78 is 26.2. The van der Waals surface area contributed by atoms with Crippen LogP contribution in [0.1, 0.15) is 44.1 Å². The first kappa shape index (κ1) is 24.6. The predicted molar refractivity (Wildman–Crippen MR) is 138 cm³/mol. The molecule has 3 aromatic rings. The average Bonchev–Trinajstić information content (AvgIpc) is 2.83. The van der Waals surface area contributed by atoms with Crippen LogP contribution < -0.4 is 10.8 Å². The lowest BCUT2D eigenvalue weighted by molar-refractivity contribution is 0.135. The summed E-state index contributed by atoms with van der Waals surface area (Å²) in [5, 5.41) is 1.78. The van der Waals surface area contributed by atoms with Crippen molar-refractivity contribution in [3.63, 3.8) is 0 Å². The molecule has 0 saturated heterocycles. The Morgan fingerprint density at radius 3 is 2.47 bits per heavy atom. The van der Waals surface area contributed by atoms with Gasteiger partial charge in [0.15, 0.2) is 0 Å². The van der Waals surface area contributed by atoms with Crippen LogP contribution in [0.4, 0.5) is 10.1 Å². The summed E-state index contributed by atoms with van der Waals surface area (Å²) in [5.74, 6) is 1.64. The summed E-state index contributed by atoms with van der Waals surface area (Å²) >= 11 is 0. The van der Waals surface area contributed by atoms with Gasteiger partial charge in [-0.1, -0.05) is 6.92 Å². The van der Waals surface area contributed by atoms with Crippen LogP contribution >= 0.6 is 7.14 Å². The number of pyridine rings is 1. The molecule has 1 aromatic heterocycles. The van der Waals surface area contributed by atoms with Crippen LogP contribution in [0.5, 0.6) is 0 Å². The van der Waals surface area contributed by atoms with E-state index in [1.165, 1.54) is 11.6 Å². The van der Waals surface area contributed by atoms with E-state index in [1.807, 2.05) is 36.5 Å². The number of amidine groups is 1. The van der Waals surface area contributed by atoms with Crippen molar-refractivity contribution in [3.05, 3.63) is 66.1 Å². The molecule has 0 spiro atoms. The van der Waals surface area contributed by atoms with Gasteiger partial charge >= 0.3 is 0 Å². The van der Waals surface area contributed by atoms with Crippen molar-refractivity contribution >= 4 is 34.9 Å². The number of nitrogens with one attached hydrogen (secondary N) is 1. The lowest BCUT2D eigenvalue weighted by Gasteiger charge is -2.33. The van der Waals surface area contributed by atoms with Gasteiger partial charge in [0.05, 0.1) is 18.3 Å². The van der Waals surface area contributed by atoms with Crippen LogP contribution in [0.3, 0.4) is 0 Å². The molecule has 1 fully saturated rings. The highest BCUT2D eigenvalue weighted by Gasteiger charge is 2.29. The standard InChI is InChI=1S/C27H33FN3O2P/c1-18(27(31-33-2)30-22-10-12-23(13-11-22)34(3,4)32)19-5-7-20(8-6-19)24-15-16-29-26-14-9-21(28)17-25(24)26/h9-20H,5-8H2,1-4H3,(H,30,31). The highest BCUT2D eigenvalue weighted by Crippen LogP contribution is 2.41. The van der Waals surface area contributed by atoms with Crippen LogP contribution in [0.25, 0.3) is 10.9 Å². The lowest BCUT2D eigenvalue weighted by atomic mass is 9.73. The third-order valence-corrected chi connectivity index (χ3v) is 8.56. The van der Waals surface area contributed by atoms with Crippen molar-refractivity contribution in [1.29, 1.82) is 0 Å². The van der Waals surface area contributed by atoms with E-state index in [1.54, 1.807) is 32.6 Å². The molecule has 1 aliphatic carbocycles. The van der Waals surface area contributed by atoms with Crippen molar-refractivity contribution in [3.8, 4) is 0 Å². The number of aliphatic imine (C=N–C) groups is 1. The van der Waals surface area contributed by atoms with Gasteiger partial charge < -0.3 is 4.57 Å². The van der Waals surface area contributed by atoms with Gasteiger partial charge in [-0.2, -0.15) is 0 Å². The summed E-state index contributed by atoms with van der Waals surface area (Å²) in [4.78, 5) is 14.5. The fraction of sp³-hybridized carbons (Fsp3) is 0.407. The first-order valence-corrected chi connectivity index (χ1v) is 14.4. The summed E-state index contributed by atoms with van der Waals surface area (Å²) in [6.07, 6.45) is 6.04. The Balaban J connectivity index is 1.48. The molecule has 1 aliphatic rings. The van der Waals surface area contributed by atoms with Crippen molar-refractivity contribution in [2.45, 2.75) is 38.5 Å². The minimum atomic E-state index is -2.29. The molecule has 2 aromatic carbocycles. The molecule has 4 rings (SSSR count). The van der Waals surface area contributed by atoms with Gasteiger partial charge in [0.25, 0.3) is 0 Å². The molecule has 0 aliphatic heterocycles. The fourth-order valence-corrected chi connectivity index (χ4v) is 5.86. The molecular formula is C27H33FN3O2P. The molecular weight excluding hydrogens is 448 g/mol. The molecule has 5 nitrogen and oxygen atoms in total. The summed E-state index contributed by atoms with van der Waals surface area (Å²) in [7, 11) is -0.692. The van der Waals surface area contributed by atoms with Crippen LogP contribution in [-0.2, 0) is 9.40 Å². The second-order valence-electron chi connectivity index (χ2n) is 9.63. The molecule has 1 heterocycles. The lowest BCUT2D eigenvalue weighted by Crippen LogP contribution is -2.34. The van der Waals surface area contributed by atoms with Crippen LogP contribution in [-0.4, -0.2) is 31.3 Å². The van der Waals surface area contributed by atoms with E-state index in [-0.39, 0.29) is 11.7 Å². The number of hydrogen-bond acceptors (Lipinski definition) is 4. The number of fused-ring (bicyclic) bond motifs is 1. The first-order chi connectivity index (χ1) is 16.3. The summed E-state index contributed by atoms with van der Waals surface area (Å²) in [6.45, 7) is 5.73. The van der Waals surface area contributed by atoms with Crippen molar-refractivity contribution < 1.29 is 13.8 Å². The van der Waals surface area contributed by atoms with E-state index in [4.69, 9.17) is 9.83 Å². The van der Waals surface area contributed by atoms with Crippen molar-refractivity contribution in [2.75, 3.05) is 20.4 Å². The fourth-order valence-electron chi connectivity index (χ4n) is 5.00. The van der Waals surface area contributed by atoms with Crippen molar-refractivity contribution in [2.24, 2.45) is 16.8 Å². The number of nitrogens with zero attached hydrogens (tertiary/aromatic N) is 2. The predicted octanol–water partition coefficient (Wildman–Crippen LogP) is 6.41. The number of hydrogen-bond donors (Lipinski definition) is 1. The molecule has 0 bridgehead atoms. The van der Waals surface area contributed by atoms with Crippen molar-refractivity contribution in [1.82, 2.24) is 10.5 Å². The molecule has 1 atom stereocenters. The molecule has 180 valence electrons. The zero-order valence-electron chi connectivity index (χ0n) is 20.3. The second kappa shape index (κ2) is 10.4. The third kappa shape index (κ3) is 5.56. The maximum Gasteiger partial charge on any atom is 0.129 e. The van der Waals surface area contributed by atoms with Crippen LogP contribution in [0.2, 0.25) is 0 Å². The van der Waals surface area contributed by atoms with E-state index in [9.17, 15) is 8.96 Å². The summed E-state index contributed by atoms with van der Waals surface area (Å²) in [6, 6.07) is 14.5. The van der Waals surface area contributed by atoms with E-state index in [2.05, 4.69) is 17.4 Å². The van der Waals surface area contributed by atoms with E-state index in [0.29, 0.717) is 11.8 Å². The quantitative estimate of drug-likeness (QED) is 0.191. The van der Waals surface area contributed by atoms with Crippen LogP contribution in [0.15, 0.2) is 59.7 Å². The Bertz CT molecular complexity index is 1210. The second-order valence-corrected chi connectivity index (χ2v) is 12.9. The van der Waals surface area contributed by atoms with Gasteiger partial charge in [-0.3, -0.25) is 15.3 Å². The number of aromatic nitrogens is 1. The van der Waals surface area contributed by atoms with Gasteiger partial charge in [-0.25, -0.2) is 9.38 Å². The maximum absolute atomic E-state index is 13.9.